The number of aromatic amines is 1. The molecule has 0 radical (unpaired) electrons. The summed E-state index contributed by atoms with van der Waals surface area (Å²) in [7, 11) is 0. The number of ether oxygens (including phenoxy) is 1. The Morgan fingerprint density at radius 2 is 1.95 bits per heavy atom. The van der Waals surface area contributed by atoms with Gasteiger partial charge in [-0.25, -0.2) is 4.79 Å². The molecule has 0 unspecified atom stereocenters. The van der Waals surface area contributed by atoms with Gasteiger partial charge in [0.25, 0.3) is 0 Å². The van der Waals surface area contributed by atoms with Crippen LogP contribution in [0.1, 0.15) is 36.2 Å². The summed E-state index contributed by atoms with van der Waals surface area (Å²) < 4.78 is 5.89. The maximum Gasteiger partial charge on any atom is 0.353 e. The van der Waals surface area contributed by atoms with Gasteiger partial charge in [-0.2, -0.15) is 5.10 Å². The molecular weight excluding hydrogens is 256 g/mol. The monoisotopic (exact) mass is 272 g/mol. The van der Waals surface area contributed by atoms with Crippen LogP contribution in [0.5, 0.6) is 5.75 Å². The molecule has 1 saturated carbocycles. The van der Waals surface area contributed by atoms with Crippen molar-refractivity contribution in [3.63, 3.8) is 0 Å². The molecule has 104 valence electrons. The van der Waals surface area contributed by atoms with Crippen LogP contribution in [0, 0.1) is 0 Å². The lowest BCUT2D eigenvalue weighted by atomic mass is 10.1. The van der Waals surface area contributed by atoms with Crippen molar-refractivity contribution in [2.75, 3.05) is 0 Å². The number of carboxylic acid groups (broad SMARTS) is 1. The maximum absolute atomic E-state index is 10.8. The molecule has 0 atom stereocenters. The highest BCUT2D eigenvalue weighted by atomic mass is 16.5. The summed E-state index contributed by atoms with van der Waals surface area (Å²) >= 11 is 0. The van der Waals surface area contributed by atoms with Crippen LogP contribution in [0.15, 0.2) is 30.3 Å². The number of nitrogens with zero attached hydrogens (tertiary/aromatic N) is 1. The van der Waals surface area contributed by atoms with E-state index >= 15 is 0 Å². The van der Waals surface area contributed by atoms with Gasteiger partial charge in [-0.3, -0.25) is 5.10 Å². The lowest BCUT2D eigenvalue weighted by Gasteiger charge is -2.12. The molecule has 2 aromatic rings. The van der Waals surface area contributed by atoms with Crippen molar-refractivity contribution < 1.29 is 14.6 Å². The summed E-state index contributed by atoms with van der Waals surface area (Å²) in [5.74, 6) is -0.153. The van der Waals surface area contributed by atoms with Crippen molar-refractivity contribution in [1.29, 1.82) is 0 Å². The first-order valence-electron chi connectivity index (χ1n) is 6.78. The fraction of sp³-hybridized carbons (Fsp3) is 0.333. The SMILES string of the molecule is O=C(O)c1cc(-c2ccc(OC3CCCC3)cc2)n[nH]1. The molecule has 2 N–H and O–H groups in total. The zero-order valence-electron chi connectivity index (χ0n) is 11.0. The highest BCUT2D eigenvalue weighted by molar-refractivity contribution is 5.86. The first-order valence-corrected chi connectivity index (χ1v) is 6.78. The molecule has 1 aliphatic carbocycles. The Hall–Kier alpha value is -2.30. The molecule has 3 rings (SSSR count). The second-order valence-corrected chi connectivity index (χ2v) is 5.02. The fourth-order valence-corrected chi connectivity index (χ4v) is 2.48. The van der Waals surface area contributed by atoms with E-state index in [9.17, 15) is 4.79 Å². The van der Waals surface area contributed by atoms with E-state index in [1.807, 2.05) is 24.3 Å². The van der Waals surface area contributed by atoms with Crippen LogP contribution in [0.4, 0.5) is 0 Å². The van der Waals surface area contributed by atoms with Crippen LogP contribution in [0.2, 0.25) is 0 Å². The Bertz CT molecular complexity index is 598. The molecule has 0 bridgehead atoms. The molecule has 0 aliphatic heterocycles. The van der Waals surface area contributed by atoms with Gasteiger partial charge in [-0.15, -0.1) is 0 Å². The highest BCUT2D eigenvalue weighted by Crippen LogP contribution is 2.26. The number of H-pyrrole nitrogens is 1. The molecule has 0 spiro atoms. The predicted octanol–water partition coefficient (Wildman–Crippen LogP) is 3.10. The number of hydrogen-bond acceptors (Lipinski definition) is 3. The standard InChI is InChI=1S/C15H16N2O3/c18-15(19)14-9-13(16-17-14)10-5-7-12(8-6-10)20-11-3-1-2-4-11/h5-9,11H,1-4H2,(H,16,17)(H,18,19). The van der Waals surface area contributed by atoms with Crippen molar-refractivity contribution >= 4 is 5.97 Å². The highest BCUT2D eigenvalue weighted by Gasteiger charge is 2.16. The Kier molecular flexibility index (Phi) is 3.41. The first-order chi connectivity index (χ1) is 9.72. The van der Waals surface area contributed by atoms with E-state index in [1.165, 1.54) is 18.9 Å². The predicted molar refractivity (Wildman–Crippen MR) is 73.9 cm³/mol. The summed E-state index contributed by atoms with van der Waals surface area (Å²) in [5.41, 5.74) is 1.58. The molecule has 1 heterocycles. The van der Waals surface area contributed by atoms with Gasteiger partial charge in [0.05, 0.1) is 11.8 Å². The van der Waals surface area contributed by atoms with Crippen LogP contribution >= 0.6 is 0 Å². The van der Waals surface area contributed by atoms with Crippen molar-refractivity contribution in [3.8, 4) is 17.0 Å². The van der Waals surface area contributed by atoms with E-state index in [2.05, 4.69) is 10.2 Å². The average molecular weight is 272 g/mol. The van der Waals surface area contributed by atoms with Gasteiger partial charge in [-0.05, 0) is 56.0 Å². The van der Waals surface area contributed by atoms with Gasteiger partial charge in [-0.1, -0.05) is 0 Å². The van der Waals surface area contributed by atoms with E-state index in [4.69, 9.17) is 9.84 Å². The van der Waals surface area contributed by atoms with E-state index in [1.54, 1.807) is 0 Å². The number of benzene rings is 1. The number of aromatic carboxylic acids is 1. The van der Waals surface area contributed by atoms with Gasteiger partial charge in [0.2, 0.25) is 0 Å². The molecule has 1 aromatic heterocycles. The zero-order chi connectivity index (χ0) is 13.9. The average Bonchev–Trinajstić information content (AvgIpc) is 3.10. The maximum atomic E-state index is 10.8. The van der Waals surface area contributed by atoms with Crippen molar-refractivity contribution in [3.05, 3.63) is 36.0 Å². The molecule has 1 fully saturated rings. The van der Waals surface area contributed by atoms with Crippen LogP contribution in [-0.2, 0) is 0 Å². The fourth-order valence-electron chi connectivity index (χ4n) is 2.48. The minimum absolute atomic E-state index is 0.0892. The number of carbonyl (C=O) groups is 1. The third-order valence-electron chi connectivity index (χ3n) is 3.56. The minimum Gasteiger partial charge on any atom is -0.490 e. The summed E-state index contributed by atoms with van der Waals surface area (Å²) in [6.07, 6.45) is 5.08. The van der Waals surface area contributed by atoms with E-state index < -0.39 is 5.97 Å². The number of carboxylic acids is 1. The third-order valence-corrected chi connectivity index (χ3v) is 3.56. The molecule has 0 amide bonds. The molecule has 5 heteroatoms. The summed E-state index contributed by atoms with van der Waals surface area (Å²) in [6.45, 7) is 0. The van der Waals surface area contributed by atoms with E-state index in [-0.39, 0.29) is 5.69 Å². The molecule has 5 nitrogen and oxygen atoms in total. The summed E-state index contributed by atoms with van der Waals surface area (Å²) in [6, 6.07) is 9.12. The van der Waals surface area contributed by atoms with Crippen molar-refractivity contribution in [2.24, 2.45) is 0 Å². The molecule has 20 heavy (non-hydrogen) atoms. The molecule has 1 aromatic carbocycles. The second-order valence-electron chi connectivity index (χ2n) is 5.02. The van der Waals surface area contributed by atoms with Gasteiger partial charge >= 0.3 is 5.97 Å². The topological polar surface area (TPSA) is 75.2 Å². The van der Waals surface area contributed by atoms with E-state index in [0.717, 1.165) is 24.2 Å². The molecule has 0 saturated heterocycles. The number of nitrogens with one attached hydrogen (secondary N) is 1. The minimum atomic E-state index is -1.01. The zero-order valence-corrected chi connectivity index (χ0v) is 11.0. The third kappa shape index (κ3) is 2.66. The number of aromatic nitrogens is 2. The first kappa shape index (κ1) is 12.7. The smallest absolute Gasteiger partial charge is 0.353 e. The van der Waals surface area contributed by atoms with E-state index in [0.29, 0.717) is 11.8 Å². The van der Waals surface area contributed by atoms with Crippen LogP contribution in [0.25, 0.3) is 11.3 Å². The Morgan fingerprint density at radius 3 is 2.55 bits per heavy atom. The van der Waals surface area contributed by atoms with Crippen LogP contribution in [-0.4, -0.2) is 27.4 Å². The Labute approximate surface area is 116 Å². The number of rotatable bonds is 4. The Balaban J connectivity index is 1.72. The van der Waals surface area contributed by atoms with Crippen LogP contribution in [0.3, 0.4) is 0 Å². The second kappa shape index (κ2) is 5.36. The van der Waals surface area contributed by atoms with Gasteiger partial charge in [0.1, 0.15) is 11.4 Å². The largest absolute Gasteiger partial charge is 0.490 e. The number of hydrogen-bond donors (Lipinski definition) is 2. The van der Waals surface area contributed by atoms with Crippen molar-refractivity contribution in [1.82, 2.24) is 10.2 Å². The summed E-state index contributed by atoms with van der Waals surface area (Å²) in [5, 5.41) is 15.3. The normalized spacial score (nSPS) is 15.4. The lowest BCUT2D eigenvalue weighted by molar-refractivity contribution is 0.0690. The van der Waals surface area contributed by atoms with Crippen LogP contribution < -0.4 is 4.74 Å². The van der Waals surface area contributed by atoms with Gasteiger partial charge in [0.15, 0.2) is 0 Å². The van der Waals surface area contributed by atoms with Crippen molar-refractivity contribution in [2.45, 2.75) is 31.8 Å². The lowest BCUT2D eigenvalue weighted by Crippen LogP contribution is -2.10. The molecular formula is C15H16N2O3. The van der Waals surface area contributed by atoms with Gasteiger partial charge < -0.3 is 9.84 Å². The Morgan fingerprint density at radius 1 is 1.25 bits per heavy atom. The molecule has 1 aliphatic rings. The summed E-state index contributed by atoms with van der Waals surface area (Å²) in [4.78, 5) is 10.8. The quantitative estimate of drug-likeness (QED) is 0.896. The van der Waals surface area contributed by atoms with Gasteiger partial charge in [0, 0.05) is 5.56 Å².